The summed E-state index contributed by atoms with van der Waals surface area (Å²) in [7, 11) is 1.53. The zero-order valence-electron chi connectivity index (χ0n) is 23.3. The minimum atomic E-state index is -1.32. The van der Waals surface area contributed by atoms with Gasteiger partial charge < -0.3 is 35.2 Å². The molecular formula is C28H39N3O7S. The van der Waals surface area contributed by atoms with E-state index in [0.29, 0.717) is 22.8 Å². The lowest BCUT2D eigenvalue weighted by molar-refractivity contribution is -0.141. The SMILES string of the molecule is COc1ccc(NC(=O)C(c2cccc(C)c2O)N(CCO)C(=O)C(CCSC)NC(=O)OC(C)(C)C)cc1. The van der Waals surface area contributed by atoms with E-state index in [9.17, 15) is 24.6 Å². The van der Waals surface area contributed by atoms with E-state index in [0.717, 1.165) is 0 Å². The Morgan fingerprint density at radius 2 is 1.77 bits per heavy atom. The molecule has 214 valence electrons. The zero-order chi connectivity index (χ0) is 29.2. The van der Waals surface area contributed by atoms with Crippen molar-refractivity contribution >= 4 is 35.4 Å². The Hall–Kier alpha value is -3.44. The van der Waals surface area contributed by atoms with Crippen LogP contribution >= 0.6 is 11.8 Å². The molecule has 3 amide bonds. The van der Waals surface area contributed by atoms with Crippen molar-refractivity contribution in [2.75, 3.05) is 37.6 Å². The molecule has 2 rings (SSSR count). The van der Waals surface area contributed by atoms with Gasteiger partial charge in [-0.1, -0.05) is 18.2 Å². The van der Waals surface area contributed by atoms with Gasteiger partial charge in [-0.25, -0.2) is 4.79 Å². The van der Waals surface area contributed by atoms with E-state index in [-0.39, 0.29) is 24.3 Å². The van der Waals surface area contributed by atoms with Crippen LogP contribution < -0.4 is 15.4 Å². The molecule has 0 bridgehead atoms. The molecular weight excluding hydrogens is 522 g/mol. The highest BCUT2D eigenvalue weighted by Crippen LogP contribution is 2.33. The summed E-state index contributed by atoms with van der Waals surface area (Å²) in [5.74, 6) is -0.215. The fourth-order valence-corrected chi connectivity index (χ4v) is 4.33. The molecule has 0 radical (unpaired) electrons. The van der Waals surface area contributed by atoms with Crippen molar-refractivity contribution < 1.29 is 34.1 Å². The van der Waals surface area contributed by atoms with E-state index in [2.05, 4.69) is 10.6 Å². The number of aliphatic hydroxyl groups is 1. The number of hydrogen-bond acceptors (Lipinski definition) is 8. The number of alkyl carbamates (subject to hydrolysis) is 1. The number of aryl methyl sites for hydroxylation is 1. The second kappa shape index (κ2) is 14.6. The van der Waals surface area contributed by atoms with E-state index in [1.54, 1.807) is 70.2 Å². The molecule has 0 spiro atoms. The molecule has 0 aliphatic carbocycles. The van der Waals surface area contributed by atoms with Gasteiger partial charge in [0.1, 0.15) is 29.2 Å². The number of anilines is 1. The van der Waals surface area contributed by atoms with E-state index in [4.69, 9.17) is 9.47 Å². The predicted octanol–water partition coefficient (Wildman–Crippen LogP) is 3.86. The quantitative estimate of drug-likeness (QED) is 0.307. The Bertz CT molecular complexity index is 1120. The molecule has 0 heterocycles. The summed E-state index contributed by atoms with van der Waals surface area (Å²) < 4.78 is 10.5. The molecule has 39 heavy (non-hydrogen) atoms. The molecule has 0 saturated heterocycles. The Labute approximate surface area is 234 Å². The number of rotatable bonds is 12. The summed E-state index contributed by atoms with van der Waals surface area (Å²) in [5, 5.41) is 26.2. The minimum Gasteiger partial charge on any atom is -0.507 e. The third-order valence-corrected chi connectivity index (χ3v) is 6.35. The Morgan fingerprint density at radius 1 is 1.10 bits per heavy atom. The van der Waals surface area contributed by atoms with Crippen LogP contribution in [0.3, 0.4) is 0 Å². The number of carbonyl (C=O) groups is 3. The second-order valence-corrected chi connectivity index (χ2v) is 10.9. The third-order valence-electron chi connectivity index (χ3n) is 5.70. The third kappa shape index (κ3) is 9.36. The van der Waals surface area contributed by atoms with Crippen molar-refractivity contribution in [1.29, 1.82) is 0 Å². The van der Waals surface area contributed by atoms with Gasteiger partial charge >= 0.3 is 6.09 Å². The Balaban J connectivity index is 2.52. The maximum atomic E-state index is 13.9. The number of para-hydroxylation sites is 1. The molecule has 0 saturated carbocycles. The maximum Gasteiger partial charge on any atom is 0.408 e. The molecule has 4 N–H and O–H groups in total. The Kier molecular flexibility index (Phi) is 11.9. The first kappa shape index (κ1) is 31.8. The highest BCUT2D eigenvalue weighted by Gasteiger charge is 2.37. The summed E-state index contributed by atoms with van der Waals surface area (Å²) in [6.45, 7) is 6.14. The molecule has 2 atom stereocenters. The van der Waals surface area contributed by atoms with Gasteiger partial charge in [-0.3, -0.25) is 9.59 Å². The van der Waals surface area contributed by atoms with Crippen LogP contribution in [-0.4, -0.2) is 76.9 Å². The van der Waals surface area contributed by atoms with Crippen molar-refractivity contribution in [2.45, 2.75) is 51.8 Å². The highest BCUT2D eigenvalue weighted by molar-refractivity contribution is 7.98. The number of ether oxygens (including phenoxy) is 2. The van der Waals surface area contributed by atoms with Gasteiger partial charge in [-0.15, -0.1) is 0 Å². The smallest absolute Gasteiger partial charge is 0.408 e. The fourth-order valence-electron chi connectivity index (χ4n) is 3.86. The molecule has 2 aromatic rings. The van der Waals surface area contributed by atoms with Crippen LogP contribution in [-0.2, 0) is 14.3 Å². The molecule has 2 unspecified atom stereocenters. The fraction of sp³-hybridized carbons (Fsp3) is 0.464. The van der Waals surface area contributed by atoms with Crippen LogP contribution in [0.4, 0.5) is 10.5 Å². The Morgan fingerprint density at radius 3 is 2.33 bits per heavy atom. The van der Waals surface area contributed by atoms with Crippen LogP contribution in [0.1, 0.15) is 44.4 Å². The van der Waals surface area contributed by atoms with Gasteiger partial charge in [0, 0.05) is 17.8 Å². The lowest BCUT2D eigenvalue weighted by atomic mass is 9.99. The number of methoxy groups -OCH3 is 1. The van der Waals surface area contributed by atoms with Crippen LogP contribution in [0, 0.1) is 6.92 Å². The minimum absolute atomic E-state index is 0.149. The number of nitrogens with zero attached hydrogens (tertiary/aromatic N) is 1. The zero-order valence-corrected chi connectivity index (χ0v) is 24.1. The van der Waals surface area contributed by atoms with Gasteiger partial charge in [0.05, 0.1) is 13.7 Å². The monoisotopic (exact) mass is 561 g/mol. The van der Waals surface area contributed by atoms with Gasteiger partial charge in [0.25, 0.3) is 5.91 Å². The van der Waals surface area contributed by atoms with Crippen molar-refractivity contribution in [3.05, 3.63) is 53.6 Å². The highest BCUT2D eigenvalue weighted by atomic mass is 32.2. The number of amides is 3. The summed E-state index contributed by atoms with van der Waals surface area (Å²) >= 11 is 1.49. The number of nitrogens with one attached hydrogen (secondary N) is 2. The van der Waals surface area contributed by atoms with Gasteiger partial charge in [0.2, 0.25) is 5.91 Å². The van der Waals surface area contributed by atoms with Crippen molar-refractivity contribution in [3.63, 3.8) is 0 Å². The average molecular weight is 562 g/mol. The number of aliphatic hydroxyl groups excluding tert-OH is 1. The molecule has 0 aliphatic heterocycles. The molecule has 0 aliphatic rings. The van der Waals surface area contributed by atoms with E-state index in [1.807, 2.05) is 6.26 Å². The number of phenols is 1. The van der Waals surface area contributed by atoms with E-state index < -0.39 is 42.2 Å². The number of thioether (sulfide) groups is 1. The average Bonchev–Trinajstić information content (AvgIpc) is 2.87. The van der Waals surface area contributed by atoms with E-state index in [1.165, 1.54) is 23.8 Å². The molecule has 0 aromatic heterocycles. The summed E-state index contributed by atoms with van der Waals surface area (Å²) in [6, 6.07) is 9.19. The molecule has 11 heteroatoms. The van der Waals surface area contributed by atoms with Gasteiger partial charge in [-0.2, -0.15) is 11.8 Å². The topological polar surface area (TPSA) is 137 Å². The van der Waals surface area contributed by atoms with Crippen LogP contribution in [0.5, 0.6) is 11.5 Å². The predicted molar refractivity (Wildman–Crippen MR) is 152 cm³/mol. The van der Waals surface area contributed by atoms with Gasteiger partial charge in [-0.05, 0) is 76.0 Å². The molecule has 0 fully saturated rings. The lowest BCUT2D eigenvalue weighted by Gasteiger charge is -2.34. The van der Waals surface area contributed by atoms with E-state index >= 15 is 0 Å². The first-order valence-electron chi connectivity index (χ1n) is 12.5. The largest absolute Gasteiger partial charge is 0.507 e. The van der Waals surface area contributed by atoms with Crippen molar-refractivity contribution in [3.8, 4) is 11.5 Å². The summed E-state index contributed by atoms with van der Waals surface area (Å²) in [6.07, 6.45) is 1.35. The number of hydrogen-bond donors (Lipinski definition) is 4. The standard InChI is InChI=1S/C28H39N3O7S/c1-18-8-7-9-21(24(18)33)23(25(34)29-19-10-12-20(37-5)13-11-19)31(15-16-32)26(35)22(14-17-39-6)30-27(36)38-28(2,3)4/h7-13,22-23,32-33H,14-17H2,1-6H3,(H,29,34)(H,30,36). The first-order valence-corrected chi connectivity index (χ1v) is 13.9. The summed E-state index contributed by atoms with van der Waals surface area (Å²) in [5.41, 5.74) is 0.358. The van der Waals surface area contributed by atoms with Crippen LogP contribution in [0.25, 0.3) is 0 Å². The maximum absolute atomic E-state index is 13.9. The van der Waals surface area contributed by atoms with Gasteiger partial charge in [0.15, 0.2) is 0 Å². The first-order chi connectivity index (χ1) is 18.4. The summed E-state index contributed by atoms with van der Waals surface area (Å²) in [4.78, 5) is 41.5. The second-order valence-electron chi connectivity index (χ2n) is 9.87. The van der Waals surface area contributed by atoms with Crippen LogP contribution in [0.2, 0.25) is 0 Å². The number of benzene rings is 2. The van der Waals surface area contributed by atoms with Crippen LogP contribution in [0.15, 0.2) is 42.5 Å². The van der Waals surface area contributed by atoms with Crippen molar-refractivity contribution in [1.82, 2.24) is 10.2 Å². The lowest BCUT2D eigenvalue weighted by Crippen LogP contribution is -2.53. The molecule has 2 aromatic carbocycles. The normalized spacial score (nSPS) is 12.7. The van der Waals surface area contributed by atoms with Crippen molar-refractivity contribution in [2.24, 2.45) is 0 Å². The number of phenolic OH excluding ortho intramolecular Hbond substituents is 1. The number of carbonyl (C=O) groups excluding carboxylic acids is 3. The molecule has 10 nitrogen and oxygen atoms in total. The number of aromatic hydroxyl groups is 1.